The molecule has 0 aromatic carbocycles. The molecule has 0 radical (unpaired) electrons. The zero-order chi connectivity index (χ0) is 17.4. The van der Waals surface area contributed by atoms with Gasteiger partial charge in [0.1, 0.15) is 0 Å². The average molecular weight is 366 g/mol. The van der Waals surface area contributed by atoms with Crippen LogP contribution in [0.2, 0.25) is 0 Å². The van der Waals surface area contributed by atoms with Gasteiger partial charge >= 0.3 is 0 Å². The second kappa shape index (κ2) is 9.76. The highest BCUT2D eigenvalue weighted by Crippen LogP contribution is 2.23. The van der Waals surface area contributed by atoms with Crippen LogP contribution in [0, 0.1) is 6.92 Å². The largest absolute Gasteiger partial charge is 0.357 e. The van der Waals surface area contributed by atoms with Crippen LogP contribution in [0.3, 0.4) is 0 Å². The van der Waals surface area contributed by atoms with Crippen LogP contribution in [0.5, 0.6) is 0 Å². The Bertz CT molecular complexity index is 619. The molecule has 0 bridgehead atoms. The molecule has 0 saturated carbocycles. The number of aliphatic imine (C=N–C) groups is 1. The van der Waals surface area contributed by atoms with Crippen LogP contribution in [0.4, 0.5) is 0 Å². The van der Waals surface area contributed by atoms with Crippen LogP contribution >= 0.6 is 22.7 Å². The Labute approximate surface area is 152 Å². The van der Waals surface area contributed by atoms with E-state index in [0.29, 0.717) is 6.04 Å². The maximum atomic E-state index is 4.77. The zero-order valence-electron chi connectivity index (χ0n) is 14.9. The molecule has 1 atom stereocenters. The number of rotatable bonds is 8. The van der Waals surface area contributed by atoms with Crippen LogP contribution < -0.4 is 10.6 Å². The van der Waals surface area contributed by atoms with Crippen LogP contribution in [-0.4, -0.2) is 49.6 Å². The number of nitrogens with one attached hydrogen (secondary N) is 2. The lowest BCUT2D eigenvalue weighted by Crippen LogP contribution is -2.39. The molecular weight excluding hydrogens is 338 g/mol. The fourth-order valence-corrected chi connectivity index (χ4v) is 3.90. The molecule has 0 fully saturated rings. The Morgan fingerprint density at radius 2 is 2.17 bits per heavy atom. The standard InChI is InChI=1S/C17H27N5S2/c1-5-18-17(19-9-8-14-12-24-13(2)21-14)20-11-15(22(3)4)16-7-6-10-23-16/h6-7,10,12,15H,5,8-9,11H2,1-4H3,(H2,18,19,20). The van der Waals surface area contributed by atoms with Crippen molar-refractivity contribution < 1.29 is 0 Å². The molecule has 2 aromatic rings. The summed E-state index contributed by atoms with van der Waals surface area (Å²) in [5.41, 5.74) is 1.14. The normalized spacial score (nSPS) is 13.3. The van der Waals surface area contributed by atoms with Crippen molar-refractivity contribution in [2.45, 2.75) is 26.3 Å². The van der Waals surface area contributed by atoms with Crippen LogP contribution in [0.25, 0.3) is 0 Å². The summed E-state index contributed by atoms with van der Waals surface area (Å²) in [6.45, 7) is 6.55. The van der Waals surface area contributed by atoms with Gasteiger partial charge in [-0.15, -0.1) is 22.7 Å². The van der Waals surface area contributed by atoms with Crippen molar-refractivity contribution in [1.29, 1.82) is 0 Å². The van der Waals surface area contributed by atoms with Gasteiger partial charge in [0.05, 0.1) is 23.3 Å². The predicted octanol–water partition coefficient (Wildman–Crippen LogP) is 2.91. The van der Waals surface area contributed by atoms with Gasteiger partial charge < -0.3 is 15.5 Å². The molecule has 0 spiro atoms. The van der Waals surface area contributed by atoms with Gasteiger partial charge in [-0.25, -0.2) is 4.98 Å². The van der Waals surface area contributed by atoms with Gasteiger partial charge in [0, 0.05) is 29.8 Å². The molecule has 0 aliphatic heterocycles. The minimum Gasteiger partial charge on any atom is -0.357 e. The number of aryl methyl sites for hydroxylation is 1. The van der Waals surface area contributed by atoms with E-state index in [1.807, 2.05) is 6.92 Å². The van der Waals surface area contributed by atoms with Gasteiger partial charge in [-0.05, 0) is 39.4 Å². The van der Waals surface area contributed by atoms with E-state index < -0.39 is 0 Å². The fraction of sp³-hybridized carbons (Fsp3) is 0.529. The molecule has 5 nitrogen and oxygen atoms in total. The van der Waals surface area contributed by atoms with E-state index >= 15 is 0 Å². The van der Waals surface area contributed by atoms with Crippen molar-refractivity contribution in [3.63, 3.8) is 0 Å². The van der Waals surface area contributed by atoms with E-state index in [0.717, 1.165) is 42.7 Å². The van der Waals surface area contributed by atoms with Crippen LogP contribution in [-0.2, 0) is 6.42 Å². The summed E-state index contributed by atoms with van der Waals surface area (Å²) in [5, 5.41) is 12.1. The highest BCUT2D eigenvalue weighted by atomic mass is 32.1. The van der Waals surface area contributed by atoms with Crippen molar-refractivity contribution in [2.24, 2.45) is 4.99 Å². The topological polar surface area (TPSA) is 52.6 Å². The molecule has 7 heteroatoms. The number of guanidine groups is 1. The summed E-state index contributed by atoms with van der Waals surface area (Å²) >= 11 is 3.48. The summed E-state index contributed by atoms with van der Waals surface area (Å²) in [6.07, 6.45) is 0.913. The van der Waals surface area contributed by atoms with E-state index in [9.17, 15) is 0 Å². The lowest BCUT2D eigenvalue weighted by Gasteiger charge is -2.22. The first-order chi connectivity index (χ1) is 11.6. The van der Waals surface area contributed by atoms with Crippen molar-refractivity contribution in [1.82, 2.24) is 20.5 Å². The number of hydrogen-bond donors (Lipinski definition) is 2. The lowest BCUT2D eigenvalue weighted by atomic mass is 10.2. The Kier molecular flexibility index (Phi) is 7.68. The summed E-state index contributed by atoms with van der Waals surface area (Å²) < 4.78 is 0. The molecule has 0 saturated heterocycles. The molecule has 2 heterocycles. The number of nitrogens with zero attached hydrogens (tertiary/aromatic N) is 3. The SMILES string of the molecule is CCNC(=NCC(c1cccs1)N(C)C)NCCc1csc(C)n1. The summed E-state index contributed by atoms with van der Waals surface area (Å²) in [7, 11) is 4.20. The molecule has 0 amide bonds. The minimum atomic E-state index is 0.307. The molecule has 2 rings (SSSR count). The average Bonchev–Trinajstić information content (AvgIpc) is 3.19. The smallest absolute Gasteiger partial charge is 0.191 e. The Morgan fingerprint density at radius 1 is 1.33 bits per heavy atom. The zero-order valence-corrected chi connectivity index (χ0v) is 16.5. The summed E-state index contributed by atoms with van der Waals surface area (Å²) in [5.74, 6) is 0.868. The van der Waals surface area contributed by atoms with E-state index in [2.05, 4.69) is 64.4 Å². The predicted molar refractivity (Wildman–Crippen MR) is 105 cm³/mol. The molecule has 1 unspecified atom stereocenters. The third kappa shape index (κ3) is 5.89. The van der Waals surface area contributed by atoms with Gasteiger partial charge in [-0.3, -0.25) is 4.99 Å². The highest BCUT2D eigenvalue weighted by Gasteiger charge is 2.14. The molecular formula is C17H27N5S2. The van der Waals surface area contributed by atoms with Gasteiger partial charge in [-0.2, -0.15) is 0 Å². The van der Waals surface area contributed by atoms with E-state index in [4.69, 9.17) is 4.99 Å². The monoisotopic (exact) mass is 365 g/mol. The van der Waals surface area contributed by atoms with E-state index in [1.165, 1.54) is 4.88 Å². The van der Waals surface area contributed by atoms with Crippen LogP contribution in [0.1, 0.15) is 28.5 Å². The number of aromatic nitrogens is 1. The first-order valence-electron chi connectivity index (χ1n) is 8.23. The van der Waals surface area contributed by atoms with Crippen molar-refractivity contribution >= 4 is 28.6 Å². The molecule has 0 aliphatic carbocycles. The maximum absolute atomic E-state index is 4.77. The Morgan fingerprint density at radius 3 is 2.75 bits per heavy atom. The third-order valence-electron chi connectivity index (χ3n) is 3.60. The number of thiazole rings is 1. The minimum absolute atomic E-state index is 0.307. The van der Waals surface area contributed by atoms with Gasteiger partial charge in [0.15, 0.2) is 5.96 Å². The highest BCUT2D eigenvalue weighted by molar-refractivity contribution is 7.10. The first kappa shape index (κ1) is 18.9. The van der Waals surface area contributed by atoms with Crippen LogP contribution in [0.15, 0.2) is 27.9 Å². The summed E-state index contributed by atoms with van der Waals surface area (Å²) in [6, 6.07) is 4.58. The second-order valence-corrected chi connectivity index (χ2v) is 7.79. The molecule has 24 heavy (non-hydrogen) atoms. The van der Waals surface area contributed by atoms with E-state index in [-0.39, 0.29) is 0 Å². The third-order valence-corrected chi connectivity index (χ3v) is 5.40. The first-order valence-corrected chi connectivity index (χ1v) is 9.99. The summed E-state index contributed by atoms with van der Waals surface area (Å²) in [4.78, 5) is 12.8. The van der Waals surface area contributed by atoms with Gasteiger partial charge in [0.25, 0.3) is 0 Å². The maximum Gasteiger partial charge on any atom is 0.191 e. The van der Waals surface area contributed by atoms with Gasteiger partial charge in [0.2, 0.25) is 0 Å². The molecule has 0 aliphatic rings. The van der Waals surface area contributed by atoms with E-state index in [1.54, 1.807) is 22.7 Å². The lowest BCUT2D eigenvalue weighted by molar-refractivity contribution is 0.310. The molecule has 132 valence electrons. The number of likely N-dealkylation sites (N-methyl/N-ethyl adjacent to an activating group) is 1. The van der Waals surface area contributed by atoms with Gasteiger partial charge in [-0.1, -0.05) is 6.07 Å². The van der Waals surface area contributed by atoms with Crippen molar-refractivity contribution in [3.8, 4) is 0 Å². The Balaban J connectivity index is 1.91. The number of hydrogen-bond acceptors (Lipinski definition) is 5. The Hall–Kier alpha value is -1.44. The second-order valence-electron chi connectivity index (χ2n) is 5.75. The number of thiophene rings is 1. The van der Waals surface area contributed by atoms with Crippen molar-refractivity contribution in [2.75, 3.05) is 33.7 Å². The fourth-order valence-electron chi connectivity index (χ4n) is 2.34. The van der Waals surface area contributed by atoms with Crippen molar-refractivity contribution in [3.05, 3.63) is 38.5 Å². The molecule has 2 N–H and O–H groups in total. The molecule has 2 aromatic heterocycles. The quantitative estimate of drug-likeness (QED) is 0.558.